The van der Waals surface area contributed by atoms with Crippen molar-refractivity contribution in [2.45, 2.75) is 38.4 Å². The topological polar surface area (TPSA) is 24.5 Å². The van der Waals surface area contributed by atoms with E-state index >= 15 is 0 Å². The Morgan fingerprint density at radius 3 is 3.06 bits per heavy atom. The molecule has 0 bridgehead atoms. The summed E-state index contributed by atoms with van der Waals surface area (Å²) in [4.78, 5) is 2.52. The summed E-state index contributed by atoms with van der Waals surface area (Å²) in [6, 6.07) is 9.76. The van der Waals surface area contributed by atoms with Crippen LogP contribution in [0.25, 0.3) is 0 Å². The van der Waals surface area contributed by atoms with Crippen LogP contribution in [0.5, 0.6) is 5.75 Å². The van der Waals surface area contributed by atoms with Crippen LogP contribution < -0.4 is 10.1 Å². The third-order valence-electron chi connectivity index (χ3n) is 3.88. The summed E-state index contributed by atoms with van der Waals surface area (Å²) in [5, 5.41) is 3.62. The van der Waals surface area contributed by atoms with E-state index in [1.54, 1.807) is 0 Å². The van der Waals surface area contributed by atoms with Crippen molar-refractivity contribution in [2.24, 2.45) is 0 Å². The highest BCUT2D eigenvalue weighted by Gasteiger charge is 2.24. The zero-order chi connectivity index (χ0) is 12.4. The molecule has 0 aromatic heterocycles. The number of hydrogen-bond acceptors (Lipinski definition) is 3. The SMILES string of the molecule is CC(CNC1CC1)N1CCOc2ccccc2C1. The van der Waals surface area contributed by atoms with Crippen LogP contribution in [0, 0.1) is 0 Å². The van der Waals surface area contributed by atoms with Gasteiger partial charge in [0.2, 0.25) is 0 Å². The maximum absolute atomic E-state index is 5.80. The second kappa shape index (κ2) is 5.29. The molecule has 1 aromatic carbocycles. The number of benzene rings is 1. The van der Waals surface area contributed by atoms with Crippen LogP contribution in [0.3, 0.4) is 0 Å². The van der Waals surface area contributed by atoms with Gasteiger partial charge in [0.25, 0.3) is 0 Å². The third kappa shape index (κ3) is 2.85. The first-order chi connectivity index (χ1) is 8.83. The summed E-state index contributed by atoms with van der Waals surface area (Å²) in [6.45, 7) is 6.22. The minimum atomic E-state index is 0.570. The average Bonchev–Trinajstić information content (AvgIpc) is 3.21. The summed E-state index contributed by atoms with van der Waals surface area (Å²) in [5.41, 5.74) is 1.31. The molecule has 1 saturated carbocycles. The van der Waals surface area contributed by atoms with Gasteiger partial charge < -0.3 is 10.1 Å². The second-order valence-electron chi connectivity index (χ2n) is 5.46. The van der Waals surface area contributed by atoms with Gasteiger partial charge in [-0.3, -0.25) is 4.90 Å². The fraction of sp³-hybridized carbons (Fsp3) is 0.600. The van der Waals surface area contributed by atoms with Crippen LogP contribution >= 0.6 is 0 Å². The summed E-state index contributed by atoms with van der Waals surface area (Å²) < 4.78 is 5.80. The number of nitrogens with one attached hydrogen (secondary N) is 1. The highest BCUT2D eigenvalue weighted by Crippen LogP contribution is 2.24. The van der Waals surface area contributed by atoms with Gasteiger partial charge in [-0.25, -0.2) is 0 Å². The molecule has 3 heteroatoms. The molecule has 0 amide bonds. The standard InChI is InChI=1S/C15H22N2O/c1-12(10-16-14-6-7-14)17-8-9-18-15-5-3-2-4-13(15)11-17/h2-5,12,14,16H,6-11H2,1H3. The van der Waals surface area contributed by atoms with Crippen molar-refractivity contribution in [3.63, 3.8) is 0 Å². The van der Waals surface area contributed by atoms with Crippen molar-refractivity contribution in [2.75, 3.05) is 19.7 Å². The van der Waals surface area contributed by atoms with Crippen molar-refractivity contribution >= 4 is 0 Å². The number of para-hydroxylation sites is 1. The van der Waals surface area contributed by atoms with Gasteiger partial charge in [0.1, 0.15) is 12.4 Å². The Balaban J connectivity index is 1.62. The van der Waals surface area contributed by atoms with Crippen molar-refractivity contribution in [1.29, 1.82) is 0 Å². The van der Waals surface area contributed by atoms with E-state index in [-0.39, 0.29) is 0 Å². The van der Waals surface area contributed by atoms with Gasteiger partial charge >= 0.3 is 0 Å². The lowest BCUT2D eigenvalue weighted by molar-refractivity contribution is 0.175. The van der Waals surface area contributed by atoms with Gasteiger partial charge in [-0.1, -0.05) is 18.2 Å². The molecule has 3 rings (SSSR count). The quantitative estimate of drug-likeness (QED) is 0.879. The Kier molecular flexibility index (Phi) is 3.52. The first kappa shape index (κ1) is 12.0. The predicted molar refractivity (Wildman–Crippen MR) is 72.8 cm³/mol. The Morgan fingerprint density at radius 1 is 1.39 bits per heavy atom. The normalized spacial score (nSPS) is 21.8. The van der Waals surface area contributed by atoms with Gasteiger partial charge in [-0.2, -0.15) is 0 Å². The monoisotopic (exact) mass is 246 g/mol. The molecule has 18 heavy (non-hydrogen) atoms. The molecule has 1 N–H and O–H groups in total. The first-order valence-corrected chi connectivity index (χ1v) is 7.01. The Bertz CT molecular complexity index is 403. The van der Waals surface area contributed by atoms with Gasteiger partial charge in [-0.05, 0) is 25.8 Å². The number of nitrogens with zero attached hydrogens (tertiary/aromatic N) is 1. The zero-order valence-electron chi connectivity index (χ0n) is 11.1. The number of hydrogen-bond donors (Lipinski definition) is 1. The van der Waals surface area contributed by atoms with Crippen molar-refractivity contribution in [3.8, 4) is 5.75 Å². The van der Waals surface area contributed by atoms with E-state index < -0.39 is 0 Å². The van der Waals surface area contributed by atoms with Crippen LogP contribution in [0.1, 0.15) is 25.3 Å². The fourth-order valence-electron chi connectivity index (χ4n) is 2.48. The van der Waals surface area contributed by atoms with Crippen molar-refractivity contribution in [1.82, 2.24) is 10.2 Å². The predicted octanol–water partition coefficient (Wildman–Crippen LogP) is 2.02. The Hall–Kier alpha value is -1.06. The smallest absolute Gasteiger partial charge is 0.123 e. The second-order valence-corrected chi connectivity index (χ2v) is 5.46. The van der Waals surface area contributed by atoms with E-state index in [0.29, 0.717) is 6.04 Å². The third-order valence-corrected chi connectivity index (χ3v) is 3.88. The molecule has 1 aromatic rings. The van der Waals surface area contributed by atoms with Gasteiger partial charge in [0, 0.05) is 37.3 Å². The first-order valence-electron chi connectivity index (χ1n) is 7.01. The summed E-state index contributed by atoms with van der Waals surface area (Å²) in [6.07, 6.45) is 2.72. The van der Waals surface area contributed by atoms with Crippen LogP contribution in [0.2, 0.25) is 0 Å². The number of rotatable bonds is 4. The lowest BCUT2D eigenvalue weighted by Crippen LogP contribution is -2.41. The Morgan fingerprint density at radius 2 is 2.22 bits per heavy atom. The minimum Gasteiger partial charge on any atom is -0.492 e. The average molecular weight is 246 g/mol. The molecule has 1 aliphatic heterocycles. The Labute approximate surface area is 109 Å². The number of fused-ring (bicyclic) bond motifs is 1. The van der Waals surface area contributed by atoms with Gasteiger partial charge in [-0.15, -0.1) is 0 Å². The lowest BCUT2D eigenvalue weighted by Gasteiger charge is -2.27. The molecule has 1 fully saturated rings. The van der Waals surface area contributed by atoms with Gasteiger partial charge in [0.05, 0.1) is 0 Å². The molecule has 0 spiro atoms. The molecule has 98 valence electrons. The van der Waals surface area contributed by atoms with Crippen molar-refractivity contribution in [3.05, 3.63) is 29.8 Å². The summed E-state index contributed by atoms with van der Waals surface area (Å²) in [7, 11) is 0. The molecule has 3 nitrogen and oxygen atoms in total. The minimum absolute atomic E-state index is 0.570. The van der Waals surface area contributed by atoms with E-state index in [9.17, 15) is 0 Å². The molecule has 0 radical (unpaired) electrons. The van der Waals surface area contributed by atoms with Crippen LogP contribution in [-0.2, 0) is 6.54 Å². The summed E-state index contributed by atoms with van der Waals surface area (Å²) >= 11 is 0. The highest BCUT2D eigenvalue weighted by atomic mass is 16.5. The molecule has 1 aliphatic carbocycles. The van der Waals surface area contributed by atoms with Crippen LogP contribution in [0.15, 0.2) is 24.3 Å². The molecular formula is C15H22N2O. The molecule has 2 aliphatic rings. The van der Waals surface area contributed by atoms with E-state index in [1.165, 1.54) is 18.4 Å². The van der Waals surface area contributed by atoms with Crippen LogP contribution in [-0.4, -0.2) is 36.7 Å². The molecular weight excluding hydrogens is 224 g/mol. The lowest BCUT2D eigenvalue weighted by atomic mass is 10.1. The molecule has 1 atom stereocenters. The van der Waals surface area contributed by atoms with Gasteiger partial charge in [0.15, 0.2) is 0 Å². The highest BCUT2D eigenvalue weighted by molar-refractivity contribution is 5.33. The molecule has 1 unspecified atom stereocenters. The molecule has 0 saturated heterocycles. The maximum atomic E-state index is 5.80. The van der Waals surface area contributed by atoms with E-state index in [2.05, 4.69) is 35.3 Å². The zero-order valence-corrected chi connectivity index (χ0v) is 11.1. The largest absolute Gasteiger partial charge is 0.492 e. The van der Waals surface area contributed by atoms with E-state index in [1.807, 2.05) is 6.07 Å². The fourth-order valence-corrected chi connectivity index (χ4v) is 2.48. The maximum Gasteiger partial charge on any atom is 0.123 e. The molecule has 1 heterocycles. The number of ether oxygens (including phenoxy) is 1. The van der Waals surface area contributed by atoms with Crippen molar-refractivity contribution < 1.29 is 4.74 Å². The summed E-state index contributed by atoms with van der Waals surface area (Å²) in [5.74, 6) is 1.06. The van der Waals surface area contributed by atoms with E-state index in [4.69, 9.17) is 4.74 Å². The van der Waals surface area contributed by atoms with E-state index in [0.717, 1.165) is 38.0 Å². The van der Waals surface area contributed by atoms with Crippen LogP contribution in [0.4, 0.5) is 0 Å².